The van der Waals surface area contributed by atoms with Crippen molar-refractivity contribution >= 4 is 32.5 Å². The SMILES string of the molecule is Nc1c(Br)ccc2[nH]ccc12. The molecule has 0 unspecified atom stereocenters. The Morgan fingerprint density at radius 3 is 2.91 bits per heavy atom. The predicted molar refractivity (Wildman–Crippen MR) is 50.4 cm³/mol. The first-order chi connectivity index (χ1) is 5.29. The Morgan fingerprint density at radius 2 is 2.09 bits per heavy atom. The number of fused-ring (bicyclic) bond motifs is 1. The quantitative estimate of drug-likeness (QED) is 0.646. The van der Waals surface area contributed by atoms with Gasteiger partial charge in [0.05, 0.1) is 5.69 Å². The van der Waals surface area contributed by atoms with Crippen LogP contribution in [0.1, 0.15) is 0 Å². The second-order valence-electron chi connectivity index (χ2n) is 2.40. The van der Waals surface area contributed by atoms with Gasteiger partial charge in [-0.3, -0.25) is 0 Å². The van der Waals surface area contributed by atoms with E-state index in [9.17, 15) is 0 Å². The number of nitrogens with two attached hydrogens (primary N) is 1. The highest BCUT2D eigenvalue weighted by molar-refractivity contribution is 9.10. The van der Waals surface area contributed by atoms with Crippen molar-refractivity contribution in [1.82, 2.24) is 4.98 Å². The number of aromatic amines is 1. The molecule has 0 spiro atoms. The number of benzene rings is 1. The van der Waals surface area contributed by atoms with E-state index < -0.39 is 0 Å². The first-order valence-electron chi connectivity index (χ1n) is 3.30. The van der Waals surface area contributed by atoms with Crippen LogP contribution in [0.25, 0.3) is 10.9 Å². The zero-order valence-electron chi connectivity index (χ0n) is 5.76. The highest BCUT2D eigenvalue weighted by Crippen LogP contribution is 2.27. The number of nitrogens with one attached hydrogen (secondary N) is 1. The van der Waals surface area contributed by atoms with Crippen LogP contribution >= 0.6 is 15.9 Å². The van der Waals surface area contributed by atoms with Crippen LogP contribution in [0.3, 0.4) is 0 Å². The van der Waals surface area contributed by atoms with Crippen molar-refractivity contribution < 1.29 is 0 Å². The normalized spacial score (nSPS) is 10.6. The lowest BCUT2D eigenvalue weighted by Gasteiger charge is -1.97. The van der Waals surface area contributed by atoms with E-state index >= 15 is 0 Å². The summed E-state index contributed by atoms with van der Waals surface area (Å²) < 4.78 is 0.949. The van der Waals surface area contributed by atoms with E-state index in [-0.39, 0.29) is 0 Å². The summed E-state index contributed by atoms with van der Waals surface area (Å²) in [5, 5.41) is 1.07. The largest absolute Gasteiger partial charge is 0.397 e. The Hall–Kier alpha value is -0.960. The fourth-order valence-corrected chi connectivity index (χ4v) is 1.48. The molecular formula is C8H7BrN2. The minimum Gasteiger partial charge on any atom is -0.397 e. The molecule has 0 saturated heterocycles. The summed E-state index contributed by atoms with van der Waals surface area (Å²) in [4.78, 5) is 3.09. The van der Waals surface area contributed by atoms with Crippen molar-refractivity contribution in [1.29, 1.82) is 0 Å². The Bertz CT molecular complexity index is 392. The fraction of sp³-hybridized carbons (Fsp3) is 0. The molecule has 2 nitrogen and oxygen atoms in total. The van der Waals surface area contributed by atoms with Gasteiger partial charge in [-0.25, -0.2) is 0 Å². The molecule has 2 aromatic rings. The lowest BCUT2D eigenvalue weighted by atomic mass is 10.2. The summed E-state index contributed by atoms with van der Waals surface area (Å²) in [6, 6.07) is 5.90. The molecule has 0 aliphatic rings. The summed E-state index contributed by atoms with van der Waals surface area (Å²) >= 11 is 3.36. The molecule has 0 amide bonds. The molecule has 3 N–H and O–H groups in total. The summed E-state index contributed by atoms with van der Waals surface area (Å²) in [6.07, 6.45) is 1.88. The van der Waals surface area contributed by atoms with Crippen molar-refractivity contribution in [3.8, 4) is 0 Å². The molecule has 56 valence electrons. The highest BCUT2D eigenvalue weighted by Gasteiger charge is 2.00. The Balaban J connectivity index is 2.93. The Kier molecular flexibility index (Phi) is 1.39. The summed E-state index contributed by atoms with van der Waals surface area (Å²) in [6.45, 7) is 0. The van der Waals surface area contributed by atoms with Crippen molar-refractivity contribution in [3.63, 3.8) is 0 Å². The van der Waals surface area contributed by atoms with Crippen molar-refractivity contribution in [2.24, 2.45) is 0 Å². The standard InChI is InChI=1S/C8H7BrN2/c9-6-1-2-7-5(8(6)10)3-4-11-7/h1-4,11H,10H2. The third-order valence-corrected chi connectivity index (χ3v) is 2.41. The molecule has 1 aromatic heterocycles. The first-order valence-corrected chi connectivity index (χ1v) is 4.09. The molecule has 2 rings (SSSR count). The average Bonchev–Trinajstić information content (AvgIpc) is 2.45. The average molecular weight is 211 g/mol. The third kappa shape index (κ3) is 0.922. The molecule has 0 atom stereocenters. The van der Waals surface area contributed by atoms with Crippen LogP contribution in [0, 0.1) is 0 Å². The van der Waals surface area contributed by atoms with Gasteiger partial charge in [-0.05, 0) is 34.1 Å². The number of halogens is 1. The van der Waals surface area contributed by atoms with Crippen molar-refractivity contribution in [3.05, 3.63) is 28.9 Å². The first kappa shape index (κ1) is 6.73. The monoisotopic (exact) mass is 210 g/mol. The van der Waals surface area contributed by atoms with E-state index in [1.165, 1.54) is 0 Å². The van der Waals surface area contributed by atoms with Gasteiger partial charge >= 0.3 is 0 Å². The van der Waals surface area contributed by atoms with E-state index in [0.29, 0.717) is 0 Å². The summed E-state index contributed by atoms with van der Waals surface area (Å²) in [5.41, 5.74) is 7.67. The molecule has 1 heterocycles. The number of hydrogen-bond acceptors (Lipinski definition) is 1. The van der Waals surface area contributed by atoms with Crippen molar-refractivity contribution in [2.75, 3.05) is 5.73 Å². The Labute approximate surface area is 72.5 Å². The molecule has 0 bridgehead atoms. The zero-order valence-corrected chi connectivity index (χ0v) is 7.35. The van der Waals surface area contributed by atoms with E-state index in [2.05, 4.69) is 20.9 Å². The van der Waals surface area contributed by atoms with Crippen LogP contribution in [-0.4, -0.2) is 4.98 Å². The molecule has 0 aliphatic heterocycles. The smallest absolute Gasteiger partial charge is 0.0553 e. The molecule has 0 radical (unpaired) electrons. The van der Waals surface area contributed by atoms with Crippen LogP contribution < -0.4 is 5.73 Å². The molecule has 1 aromatic carbocycles. The maximum atomic E-state index is 5.80. The van der Waals surface area contributed by atoms with Crippen LogP contribution in [0.15, 0.2) is 28.9 Å². The fourth-order valence-electron chi connectivity index (χ4n) is 1.13. The number of rotatable bonds is 0. The van der Waals surface area contributed by atoms with Gasteiger partial charge in [-0.2, -0.15) is 0 Å². The topological polar surface area (TPSA) is 41.8 Å². The lowest BCUT2D eigenvalue weighted by molar-refractivity contribution is 1.48. The van der Waals surface area contributed by atoms with Crippen LogP contribution in [-0.2, 0) is 0 Å². The molecular weight excluding hydrogens is 204 g/mol. The van der Waals surface area contributed by atoms with Gasteiger partial charge in [0.2, 0.25) is 0 Å². The lowest BCUT2D eigenvalue weighted by Crippen LogP contribution is -1.86. The number of H-pyrrole nitrogens is 1. The number of nitrogen functional groups attached to an aromatic ring is 1. The van der Waals surface area contributed by atoms with Gasteiger partial charge in [0.15, 0.2) is 0 Å². The third-order valence-electron chi connectivity index (χ3n) is 1.72. The van der Waals surface area contributed by atoms with Crippen molar-refractivity contribution in [2.45, 2.75) is 0 Å². The van der Waals surface area contributed by atoms with Gasteiger partial charge in [0.1, 0.15) is 0 Å². The molecule has 0 saturated carbocycles. The maximum Gasteiger partial charge on any atom is 0.0553 e. The number of hydrogen-bond donors (Lipinski definition) is 2. The van der Waals surface area contributed by atoms with E-state index in [1.54, 1.807) is 0 Å². The van der Waals surface area contributed by atoms with Gasteiger partial charge in [0.25, 0.3) is 0 Å². The highest BCUT2D eigenvalue weighted by atomic mass is 79.9. The van der Waals surface area contributed by atoms with Gasteiger partial charge in [-0.1, -0.05) is 0 Å². The minimum absolute atomic E-state index is 0.795. The van der Waals surface area contributed by atoms with Crippen LogP contribution in [0.4, 0.5) is 5.69 Å². The van der Waals surface area contributed by atoms with Crippen LogP contribution in [0.5, 0.6) is 0 Å². The van der Waals surface area contributed by atoms with E-state index in [0.717, 1.165) is 21.1 Å². The van der Waals surface area contributed by atoms with Gasteiger partial charge in [-0.15, -0.1) is 0 Å². The second kappa shape index (κ2) is 2.27. The number of anilines is 1. The summed E-state index contributed by atoms with van der Waals surface area (Å²) in [5.74, 6) is 0. The van der Waals surface area contributed by atoms with Gasteiger partial charge < -0.3 is 10.7 Å². The maximum absolute atomic E-state index is 5.80. The zero-order chi connectivity index (χ0) is 7.84. The minimum atomic E-state index is 0.795. The van der Waals surface area contributed by atoms with Gasteiger partial charge in [0, 0.05) is 21.6 Å². The predicted octanol–water partition coefficient (Wildman–Crippen LogP) is 2.51. The Morgan fingerprint density at radius 1 is 1.27 bits per heavy atom. The summed E-state index contributed by atoms with van der Waals surface area (Å²) in [7, 11) is 0. The second-order valence-corrected chi connectivity index (χ2v) is 3.25. The molecule has 0 aliphatic carbocycles. The number of aromatic nitrogens is 1. The van der Waals surface area contributed by atoms with E-state index in [1.807, 2.05) is 24.4 Å². The molecule has 11 heavy (non-hydrogen) atoms. The van der Waals surface area contributed by atoms with E-state index in [4.69, 9.17) is 5.73 Å². The molecule has 3 heteroatoms. The van der Waals surface area contributed by atoms with Crippen LogP contribution in [0.2, 0.25) is 0 Å². The molecule has 0 fully saturated rings.